The number of benzene rings is 1. The summed E-state index contributed by atoms with van der Waals surface area (Å²) in [4.78, 5) is 23.5. The molecular formula is C13H13Cl2NO3. The number of carbonyl (C=O) groups is 2. The Hall–Kier alpha value is -1.26. The second-order valence-corrected chi connectivity index (χ2v) is 5.27. The topological polar surface area (TPSA) is 55.4 Å². The van der Waals surface area contributed by atoms with Crippen LogP contribution in [0.3, 0.4) is 0 Å². The Balaban J connectivity index is 1.95. The molecule has 0 bridgehead atoms. The van der Waals surface area contributed by atoms with Gasteiger partial charge < -0.3 is 10.1 Å². The molecule has 0 saturated heterocycles. The monoisotopic (exact) mass is 301 g/mol. The van der Waals surface area contributed by atoms with Gasteiger partial charge in [0.1, 0.15) is 0 Å². The van der Waals surface area contributed by atoms with E-state index in [-0.39, 0.29) is 22.5 Å². The molecule has 1 fully saturated rings. The molecule has 1 saturated carbocycles. The average molecular weight is 302 g/mol. The van der Waals surface area contributed by atoms with Crippen molar-refractivity contribution in [3.05, 3.63) is 33.8 Å². The van der Waals surface area contributed by atoms with Gasteiger partial charge in [0.05, 0.1) is 15.6 Å². The van der Waals surface area contributed by atoms with Gasteiger partial charge in [0.25, 0.3) is 5.91 Å². The van der Waals surface area contributed by atoms with Crippen molar-refractivity contribution in [1.82, 2.24) is 5.32 Å². The van der Waals surface area contributed by atoms with Gasteiger partial charge >= 0.3 is 5.97 Å². The van der Waals surface area contributed by atoms with Crippen molar-refractivity contribution < 1.29 is 14.3 Å². The Morgan fingerprint density at radius 1 is 1.32 bits per heavy atom. The second-order valence-electron chi connectivity index (χ2n) is 4.46. The maximum atomic E-state index is 11.8. The zero-order chi connectivity index (χ0) is 14.0. The minimum Gasteiger partial charge on any atom is -0.449 e. The zero-order valence-corrected chi connectivity index (χ0v) is 11.8. The lowest BCUT2D eigenvalue weighted by molar-refractivity contribution is -0.129. The van der Waals surface area contributed by atoms with Gasteiger partial charge in [-0.3, -0.25) is 4.79 Å². The van der Waals surface area contributed by atoms with Gasteiger partial charge in [0, 0.05) is 6.04 Å². The van der Waals surface area contributed by atoms with Crippen LogP contribution < -0.4 is 5.32 Å². The summed E-state index contributed by atoms with van der Waals surface area (Å²) in [5, 5.41) is 3.40. The third-order valence-corrected chi connectivity index (χ3v) is 3.47. The molecule has 1 aromatic rings. The Morgan fingerprint density at radius 2 is 2.00 bits per heavy atom. The zero-order valence-electron chi connectivity index (χ0n) is 10.3. The lowest BCUT2D eigenvalue weighted by Gasteiger charge is -2.13. The van der Waals surface area contributed by atoms with Gasteiger partial charge in [0.2, 0.25) is 0 Å². The van der Waals surface area contributed by atoms with E-state index in [1.165, 1.54) is 25.1 Å². The molecule has 19 heavy (non-hydrogen) atoms. The molecular weight excluding hydrogens is 289 g/mol. The van der Waals surface area contributed by atoms with E-state index in [2.05, 4.69) is 5.32 Å². The van der Waals surface area contributed by atoms with Gasteiger partial charge in [0.15, 0.2) is 6.10 Å². The number of hydrogen-bond acceptors (Lipinski definition) is 3. The van der Waals surface area contributed by atoms with Crippen LogP contribution in [0, 0.1) is 0 Å². The number of ether oxygens (including phenoxy) is 1. The van der Waals surface area contributed by atoms with Gasteiger partial charge in [-0.2, -0.15) is 0 Å². The van der Waals surface area contributed by atoms with Gasteiger partial charge in [-0.15, -0.1) is 0 Å². The van der Waals surface area contributed by atoms with Crippen molar-refractivity contribution >= 4 is 35.1 Å². The summed E-state index contributed by atoms with van der Waals surface area (Å²) in [6.45, 7) is 1.53. The molecule has 1 aliphatic carbocycles. The molecule has 0 aromatic heterocycles. The van der Waals surface area contributed by atoms with E-state index in [0.717, 1.165) is 12.8 Å². The van der Waals surface area contributed by atoms with Crippen LogP contribution in [0.15, 0.2) is 18.2 Å². The molecule has 1 atom stereocenters. The van der Waals surface area contributed by atoms with E-state index in [1.807, 2.05) is 0 Å². The molecule has 6 heteroatoms. The van der Waals surface area contributed by atoms with Crippen molar-refractivity contribution in [2.24, 2.45) is 0 Å². The molecule has 0 aliphatic heterocycles. The summed E-state index contributed by atoms with van der Waals surface area (Å²) in [7, 11) is 0. The first-order valence-electron chi connectivity index (χ1n) is 5.94. The highest BCUT2D eigenvalue weighted by Gasteiger charge is 2.27. The highest BCUT2D eigenvalue weighted by Crippen LogP contribution is 2.23. The quantitative estimate of drug-likeness (QED) is 0.870. The average Bonchev–Trinajstić information content (AvgIpc) is 3.16. The summed E-state index contributed by atoms with van der Waals surface area (Å²) >= 11 is 11.6. The van der Waals surface area contributed by atoms with E-state index >= 15 is 0 Å². The lowest BCUT2D eigenvalue weighted by atomic mass is 10.2. The van der Waals surface area contributed by atoms with Crippen molar-refractivity contribution in [1.29, 1.82) is 0 Å². The number of hydrogen-bond donors (Lipinski definition) is 1. The Morgan fingerprint density at radius 3 is 2.58 bits per heavy atom. The molecule has 4 nitrogen and oxygen atoms in total. The summed E-state index contributed by atoms with van der Waals surface area (Å²) in [5.41, 5.74) is 0.264. The van der Waals surface area contributed by atoms with E-state index in [1.54, 1.807) is 0 Å². The number of nitrogens with one attached hydrogen (secondary N) is 1. The third kappa shape index (κ3) is 3.85. The summed E-state index contributed by atoms with van der Waals surface area (Å²) in [5.74, 6) is -0.882. The molecule has 2 rings (SSSR count). The van der Waals surface area contributed by atoms with Gasteiger partial charge in [-0.05, 0) is 38.0 Å². The number of rotatable bonds is 4. The minimum absolute atomic E-state index is 0.235. The molecule has 1 aliphatic rings. The molecule has 1 N–H and O–H groups in total. The smallest absolute Gasteiger partial charge is 0.338 e. The Kier molecular flexibility index (Phi) is 4.32. The van der Waals surface area contributed by atoms with E-state index in [9.17, 15) is 9.59 Å². The van der Waals surface area contributed by atoms with Crippen LogP contribution in [0.25, 0.3) is 0 Å². The van der Waals surface area contributed by atoms with Gasteiger partial charge in [-0.25, -0.2) is 4.79 Å². The first kappa shape index (κ1) is 14.2. The van der Waals surface area contributed by atoms with Crippen molar-refractivity contribution in [2.75, 3.05) is 0 Å². The third-order valence-electron chi connectivity index (χ3n) is 2.73. The molecule has 0 spiro atoms. The fourth-order valence-corrected chi connectivity index (χ4v) is 1.75. The molecule has 1 aromatic carbocycles. The summed E-state index contributed by atoms with van der Waals surface area (Å²) in [6, 6.07) is 4.66. The van der Waals surface area contributed by atoms with Crippen molar-refractivity contribution in [2.45, 2.75) is 31.9 Å². The Bertz CT molecular complexity index is 515. The van der Waals surface area contributed by atoms with Gasteiger partial charge in [-0.1, -0.05) is 23.2 Å². The van der Waals surface area contributed by atoms with Crippen molar-refractivity contribution in [3.63, 3.8) is 0 Å². The standard InChI is InChI=1S/C13H13Cl2NO3/c1-7(12(17)16-9-3-4-9)19-13(18)8-2-5-10(14)11(15)6-8/h2,5-7,9H,3-4H2,1H3,(H,16,17)/t7-/m0/s1. The first-order chi connectivity index (χ1) is 8.97. The number of carbonyl (C=O) groups excluding carboxylic acids is 2. The maximum Gasteiger partial charge on any atom is 0.338 e. The molecule has 0 radical (unpaired) electrons. The van der Waals surface area contributed by atoms with Crippen LogP contribution in [0.4, 0.5) is 0 Å². The fourth-order valence-electron chi connectivity index (χ4n) is 1.45. The van der Waals surface area contributed by atoms with Crippen molar-refractivity contribution in [3.8, 4) is 0 Å². The second kappa shape index (κ2) is 5.80. The van der Waals surface area contributed by atoms with E-state index in [0.29, 0.717) is 5.02 Å². The lowest BCUT2D eigenvalue weighted by Crippen LogP contribution is -2.37. The molecule has 102 valence electrons. The predicted molar refractivity (Wildman–Crippen MR) is 72.5 cm³/mol. The van der Waals surface area contributed by atoms with Crippen LogP contribution >= 0.6 is 23.2 Å². The van der Waals surface area contributed by atoms with Crippen LogP contribution in [0.1, 0.15) is 30.1 Å². The summed E-state index contributed by atoms with van der Waals surface area (Å²) in [6.07, 6.45) is 1.14. The van der Waals surface area contributed by atoms with Crippen LogP contribution in [-0.4, -0.2) is 24.0 Å². The highest BCUT2D eigenvalue weighted by atomic mass is 35.5. The van der Waals surface area contributed by atoms with E-state index in [4.69, 9.17) is 27.9 Å². The molecule has 0 unspecified atom stereocenters. The normalized spacial score (nSPS) is 15.7. The number of amides is 1. The largest absolute Gasteiger partial charge is 0.449 e. The molecule has 0 heterocycles. The van der Waals surface area contributed by atoms with Crippen LogP contribution in [0.2, 0.25) is 10.0 Å². The minimum atomic E-state index is -0.831. The first-order valence-corrected chi connectivity index (χ1v) is 6.69. The SMILES string of the molecule is C[C@H](OC(=O)c1ccc(Cl)c(Cl)c1)C(=O)NC1CC1. The Labute approximate surface area is 121 Å². The number of esters is 1. The number of halogens is 2. The fraction of sp³-hybridized carbons (Fsp3) is 0.385. The summed E-state index contributed by atoms with van der Waals surface area (Å²) < 4.78 is 5.07. The highest BCUT2D eigenvalue weighted by molar-refractivity contribution is 6.42. The molecule has 1 amide bonds. The van der Waals surface area contributed by atoms with E-state index < -0.39 is 12.1 Å². The van der Waals surface area contributed by atoms with Crippen LogP contribution in [-0.2, 0) is 9.53 Å². The predicted octanol–water partition coefficient (Wildman–Crippen LogP) is 2.82. The van der Waals surface area contributed by atoms with Crippen LogP contribution in [0.5, 0.6) is 0 Å². The maximum absolute atomic E-state index is 11.8.